The van der Waals surface area contributed by atoms with Crippen molar-refractivity contribution in [2.45, 2.75) is 43.3 Å². The molecule has 37 heavy (non-hydrogen) atoms. The van der Waals surface area contributed by atoms with Crippen molar-refractivity contribution in [1.29, 1.82) is 0 Å². The minimum atomic E-state index is -3.63. The zero-order valence-electron chi connectivity index (χ0n) is 21.6. The molecule has 0 saturated heterocycles. The maximum absolute atomic E-state index is 13.1. The zero-order valence-corrected chi connectivity index (χ0v) is 23.3. The van der Waals surface area contributed by atoms with E-state index in [1.54, 1.807) is 25.3 Å². The average Bonchev–Trinajstić information content (AvgIpc) is 3.53. The van der Waals surface area contributed by atoms with Crippen LogP contribution in [-0.4, -0.2) is 72.5 Å². The van der Waals surface area contributed by atoms with Gasteiger partial charge in [-0.25, -0.2) is 8.42 Å². The van der Waals surface area contributed by atoms with E-state index in [4.69, 9.17) is 4.74 Å². The summed E-state index contributed by atoms with van der Waals surface area (Å²) in [5.41, 5.74) is 2.78. The number of benzene rings is 2. The molecule has 0 bridgehead atoms. The van der Waals surface area contributed by atoms with Crippen LogP contribution in [0.2, 0.25) is 0 Å². The fourth-order valence-electron chi connectivity index (χ4n) is 4.60. The summed E-state index contributed by atoms with van der Waals surface area (Å²) in [7, 11) is -2.00. The predicted octanol–water partition coefficient (Wildman–Crippen LogP) is 3.86. The Morgan fingerprint density at radius 3 is 2.62 bits per heavy atom. The van der Waals surface area contributed by atoms with Crippen LogP contribution in [0.5, 0.6) is 0 Å². The molecule has 0 radical (unpaired) electrons. The highest BCUT2D eigenvalue weighted by atomic mass is 32.2. The van der Waals surface area contributed by atoms with E-state index in [1.165, 1.54) is 21.6 Å². The van der Waals surface area contributed by atoms with Crippen molar-refractivity contribution >= 4 is 33.4 Å². The molecule has 1 aromatic heterocycles. The van der Waals surface area contributed by atoms with Crippen LogP contribution < -0.4 is 4.90 Å². The van der Waals surface area contributed by atoms with Crippen LogP contribution in [0.3, 0.4) is 0 Å². The second kappa shape index (κ2) is 11.8. The third kappa shape index (κ3) is 5.59. The van der Waals surface area contributed by atoms with Gasteiger partial charge in [0.15, 0.2) is 11.0 Å². The lowest BCUT2D eigenvalue weighted by Crippen LogP contribution is -2.30. The fourth-order valence-corrected chi connectivity index (χ4v) is 7.01. The Bertz CT molecular complexity index is 1350. The molecule has 9 nitrogen and oxygen atoms in total. The quantitative estimate of drug-likeness (QED) is 0.339. The summed E-state index contributed by atoms with van der Waals surface area (Å²) < 4.78 is 35.0. The molecule has 3 aromatic rings. The number of nitrogens with zero attached hydrogens (tertiary/aromatic N) is 5. The van der Waals surface area contributed by atoms with Crippen molar-refractivity contribution in [2.75, 3.05) is 44.0 Å². The summed E-state index contributed by atoms with van der Waals surface area (Å²) in [6.07, 6.45) is 0.852. The molecule has 1 amide bonds. The first kappa shape index (κ1) is 27.3. The lowest BCUT2D eigenvalue weighted by molar-refractivity contribution is -0.116. The Morgan fingerprint density at radius 1 is 1.14 bits per heavy atom. The maximum Gasteiger partial charge on any atom is 0.243 e. The molecule has 0 spiro atoms. The van der Waals surface area contributed by atoms with Crippen LogP contribution in [0.4, 0.5) is 5.69 Å². The second-order valence-electron chi connectivity index (χ2n) is 8.81. The first-order chi connectivity index (χ1) is 17.8. The van der Waals surface area contributed by atoms with Gasteiger partial charge >= 0.3 is 0 Å². The topological polar surface area (TPSA) is 97.6 Å². The molecule has 0 aliphatic carbocycles. The Balaban J connectivity index is 1.62. The van der Waals surface area contributed by atoms with Crippen molar-refractivity contribution in [2.24, 2.45) is 0 Å². The number of rotatable bonds is 11. The predicted molar refractivity (Wildman–Crippen MR) is 145 cm³/mol. The van der Waals surface area contributed by atoms with Gasteiger partial charge in [0, 0.05) is 38.0 Å². The molecular formula is C26H33N5O4S2. The Kier molecular flexibility index (Phi) is 8.68. The Labute approximate surface area is 222 Å². The number of aromatic nitrogens is 3. The molecule has 0 saturated carbocycles. The van der Waals surface area contributed by atoms with E-state index >= 15 is 0 Å². The average molecular weight is 544 g/mol. The molecule has 0 fully saturated rings. The van der Waals surface area contributed by atoms with Crippen LogP contribution in [0.15, 0.2) is 58.6 Å². The highest BCUT2D eigenvalue weighted by Crippen LogP contribution is 2.32. The van der Waals surface area contributed by atoms with Crippen molar-refractivity contribution in [3.8, 4) is 11.4 Å². The molecular weight excluding hydrogens is 510 g/mol. The van der Waals surface area contributed by atoms with Crippen molar-refractivity contribution in [3.05, 3.63) is 54.1 Å². The number of sulfonamides is 1. The minimum absolute atomic E-state index is 0.0118. The summed E-state index contributed by atoms with van der Waals surface area (Å²) in [4.78, 5) is 15.1. The molecule has 1 aliphatic rings. The van der Waals surface area contributed by atoms with E-state index in [-0.39, 0.29) is 22.6 Å². The monoisotopic (exact) mass is 543 g/mol. The van der Waals surface area contributed by atoms with Gasteiger partial charge in [-0.05, 0) is 37.1 Å². The summed E-state index contributed by atoms with van der Waals surface area (Å²) in [5, 5.41) is 9.38. The van der Waals surface area contributed by atoms with Gasteiger partial charge in [-0.1, -0.05) is 55.9 Å². The largest absolute Gasteiger partial charge is 0.383 e. The van der Waals surface area contributed by atoms with E-state index in [2.05, 4.69) is 16.3 Å². The standard InChI is InChI=1S/C26H33N5O4S2/c1-5-29(6-2)37(33,34)22-12-9-11-21(16-22)25-27-28-26(31(25)19(3)17-35-4)36-18-24(32)30-15-14-20-10-7-8-13-23(20)30/h7-13,16,19H,5-6,14-15,17-18H2,1-4H3/t19-/m1/s1. The number of methoxy groups -OCH3 is 1. The smallest absolute Gasteiger partial charge is 0.243 e. The molecule has 0 N–H and O–H groups in total. The van der Waals surface area contributed by atoms with Gasteiger partial charge in [0.1, 0.15) is 0 Å². The number of anilines is 1. The maximum atomic E-state index is 13.1. The minimum Gasteiger partial charge on any atom is -0.383 e. The summed E-state index contributed by atoms with van der Waals surface area (Å²) in [5.74, 6) is 0.753. The molecule has 198 valence electrons. The number of hydrogen-bond acceptors (Lipinski definition) is 7. The number of carbonyl (C=O) groups is 1. The van der Waals surface area contributed by atoms with Crippen molar-refractivity contribution in [3.63, 3.8) is 0 Å². The zero-order chi connectivity index (χ0) is 26.6. The van der Waals surface area contributed by atoms with Crippen LogP contribution in [0, 0.1) is 0 Å². The third-order valence-corrected chi connectivity index (χ3v) is 9.44. The second-order valence-corrected chi connectivity index (χ2v) is 11.7. The Morgan fingerprint density at radius 2 is 1.89 bits per heavy atom. The van der Waals surface area contributed by atoms with Crippen LogP contribution in [-0.2, 0) is 26.0 Å². The van der Waals surface area contributed by atoms with E-state index in [1.807, 2.05) is 54.5 Å². The molecule has 2 heterocycles. The summed E-state index contributed by atoms with van der Waals surface area (Å²) in [6.45, 7) is 7.48. The Hall–Kier alpha value is -2.73. The number of para-hydroxylation sites is 1. The van der Waals surface area contributed by atoms with E-state index < -0.39 is 10.0 Å². The van der Waals surface area contributed by atoms with Crippen molar-refractivity contribution in [1.82, 2.24) is 19.1 Å². The van der Waals surface area contributed by atoms with Gasteiger partial charge < -0.3 is 9.64 Å². The first-order valence-electron chi connectivity index (χ1n) is 12.4. The van der Waals surface area contributed by atoms with Gasteiger partial charge in [0.05, 0.1) is 23.3 Å². The summed E-state index contributed by atoms with van der Waals surface area (Å²) >= 11 is 1.32. The molecule has 11 heteroatoms. The number of fused-ring (bicyclic) bond motifs is 1. The highest BCUT2D eigenvalue weighted by molar-refractivity contribution is 7.99. The van der Waals surface area contributed by atoms with Crippen LogP contribution in [0.25, 0.3) is 11.4 Å². The van der Waals surface area contributed by atoms with Crippen LogP contribution in [0.1, 0.15) is 32.4 Å². The number of hydrogen-bond donors (Lipinski definition) is 0. The highest BCUT2D eigenvalue weighted by Gasteiger charge is 2.27. The van der Waals surface area contributed by atoms with Crippen LogP contribution >= 0.6 is 11.8 Å². The lowest BCUT2D eigenvalue weighted by Gasteiger charge is -2.20. The number of amides is 1. The number of thioether (sulfide) groups is 1. The molecule has 0 unspecified atom stereocenters. The van der Waals surface area contributed by atoms with Gasteiger partial charge in [0.25, 0.3) is 0 Å². The van der Waals surface area contributed by atoms with E-state index in [9.17, 15) is 13.2 Å². The van der Waals surface area contributed by atoms with E-state index in [0.717, 1.165) is 12.1 Å². The molecule has 1 aliphatic heterocycles. The van der Waals surface area contributed by atoms with Gasteiger partial charge in [-0.15, -0.1) is 10.2 Å². The van der Waals surface area contributed by atoms with Crippen molar-refractivity contribution < 1.29 is 17.9 Å². The molecule has 2 aromatic carbocycles. The lowest BCUT2D eigenvalue weighted by atomic mass is 10.2. The normalized spacial score (nSPS) is 14.2. The SMILES string of the molecule is CCN(CC)S(=O)(=O)c1cccc(-c2nnc(SCC(=O)N3CCc4ccccc43)n2[C@H](C)COC)c1. The van der Waals surface area contributed by atoms with Gasteiger partial charge in [0.2, 0.25) is 15.9 Å². The van der Waals surface area contributed by atoms with Gasteiger partial charge in [-0.2, -0.15) is 4.31 Å². The summed E-state index contributed by atoms with van der Waals surface area (Å²) in [6, 6.07) is 14.6. The van der Waals surface area contributed by atoms with E-state index in [0.29, 0.717) is 42.8 Å². The fraction of sp³-hybridized carbons (Fsp3) is 0.423. The number of ether oxygens (including phenoxy) is 1. The molecule has 4 rings (SSSR count). The third-order valence-electron chi connectivity index (χ3n) is 6.46. The number of carbonyl (C=O) groups excluding carboxylic acids is 1. The molecule has 1 atom stereocenters. The van der Waals surface area contributed by atoms with Gasteiger partial charge in [-0.3, -0.25) is 9.36 Å². The first-order valence-corrected chi connectivity index (χ1v) is 14.8.